The molecular formula is C20H17ClN2O. The molecule has 2 N–H and O–H groups in total. The van der Waals surface area contributed by atoms with Gasteiger partial charge in [0.05, 0.1) is 0 Å². The molecular weight excluding hydrogens is 320 g/mol. The van der Waals surface area contributed by atoms with E-state index in [4.69, 9.17) is 11.6 Å². The van der Waals surface area contributed by atoms with Crippen molar-refractivity contribution in [1.82, 2.24) is 0 Å². The average molecular weight is 337 g/mol. The van der Waals surface area contributed by atoms with Gasteiger partial charge in [0.25, 0.3) is 0 Å². The predicted molar refractivity (Wildman–Crippen MR) is 100 cm³/mol. The zero-order valence-electron chi connectivity index (χ0n) is 12.9. The first-order valence-electron chi connectivity index (χ1n) is 7.64. The Morgan fingerprint density at radius 1 is 0.792 bits per heavy atom. The Morgan fingerprint density at radius 2 is 1.46 bits per heavy atom. The minimum Gasteiger partial charge on any atom is -0.372 e. The fraction of sp³-hybridized carbons (Fsp3) is 0.0500. The van der Waals surface area contributed by atoms with Gasteiger partial charge in [-0.2, -0.15) is 0 Å². The molecule has 3 rings (SSSR count). The van der Waals surface area contributed by atoms with E-state index in [-0.39, 0.29) is 0 Å². The first-order valence-corrected chi connectivity index (χ1v) is 8.02. The van der Waals surface area contributed by atoms with Crippen molar-refractivity contribution in [1.29, 1.82) is 0 Å². The van der Waals surface area contributed by atoms with Crippen LogP contribution >= 0.6 is 11.6 Å². The highest BCUT2D eigenvalue weighted by molar-refractivity contribution is 6.30. The van der Waals surface area contributed by atoms with Gasteiger partial charge in [0.15, 0.2) is 0 Å². The molecule has 3 nitrogen and oxygen atoms in total. The number of nitrogens with one attached hydrogen (secondary N) is 2. The third-order valence-electron chi connectivity index (χ3n) is 3.65. The number of aldehydes is 1. The summed E-state index contributed by atoms with van der Waals surface area (Å²) in [5.41, 5.74) is 3.58. The lowest BCUT2D eigenvalue weighted by Gasteiger charge is -2.19. The van der Waals surface area contributed by atoms with Crippen molar-refractivity contribution in [3.05, 3.63) is 89.4 Å². The van der Waals surface area contributed by atoms with Gasteiger partial charge in [0.1, 0.15) is 12.3 Å². The number of rotatable bonds is 6. The monoisotopic (exact) mass is 336 g/mol. The molecule has 1 atom stereocenters. The van der Waals surface area contributed by atoms with Gasteiger partial charge >= 0.3 is 0 Å². The molecule has 24 heavy (non-hydrogen) atoms. The Morgan fingerprint density at radius 3 is 2.17 bits per heavy atom. The quantitative estimate of drug-likeness (QED) is 0.589. The van der Waals surface area contributed by atoms with E-state index in [1.165, 1.54) is 0 Å². The maximum Gasteiger partial charge on any atom is 0.146 e. The molecule has 0 radical (unpaired) electrons. The minimum atomic E-state index is -0.460. The van der Waals surface area contributed by atoms with Gasteiger partial charge in [-0.1, -0.05) is 48.0 Å². The van der Waals surface area contributed by atoms with Crippen molar-refractivity contribution in [2.75, 3.05) is 10.6 Å². The summed E-state index contributed by atoms with van der Waals surface area (Å²) in [5, 5.41) is 7.26. The molecule has 0 aliphatic rings. The molecule has 3 aromatic carbocycles. The van der Waals surface area contributed by atoms with Crippen LogP contribution in [0.15, 0.2) is 78.9 Å². The normalized spacial score (nSPS) is 11.5. The van der Waals surface area contributed by atoms with Gasteiger partial charge in [-0.3, -0.25) is 0 Å². The highest BCUT2D eigenvalue weighted by Gasteiger charge is 2.14. The second-order valence-electron chi connectivity index (χ2n) is 5.34. The number of anilines is 3. The van der Waals surface area contributed by atoms with Gasteiger partial charge < -0.3 is 15.4 Å². The first kappa shape index (κ1) is 16.1. The molecule has 4 heteroatoms. The third kappa shape index (κ3) is 3.94. The van der Waals surface area contributed by atoms with Crippen LogP contribution in [0.3, 0.4) is 0 Å². The molecule has 0 heterocycles. The van der Waals surface area contributed by atoms with E-state index in [0.717, 1.165) is 28.9 Å². The molecule has 1 unspecified atom stereocenters. The van der Waals surface area contributed by atoms with Gasteiger partial charge in [-0.05, 0) is 42.5 Å². The minimum absolute atomic E-state index is 0.460. The number of halogens is 1. The second kappa shape index (κ2) is 7.66. The van der Waals surface area contributed by atoms with Crippen LogP contribution < -0.4 is 10.6 Å². The highest BCUT2D eigenvalue weighted by Crippen LogP contribution is 2.28. The van der Waals surface area contributed by atoms with Crippen LogP contribution in [0.25, 0.3) is 0 Å². The van der Waals surface area contributed by atoms with Crippen LogP contribution in [0.4, 0.5) is 17.1 Å². The number of hydrogen-bond donors (Lipinski definition) is 2. The summed E-state index contributed by atoms with van der Waals surface area (Å²) in [4.78, 5) is 11.7. The molecule has 120 valence electrons. The summed E-state index contributed by atoms with van der Waals surface area (Å²) in [5.74, 6) is 0. The summed E-state index contributed by atoms with van der Waals surface area (Å²) in [6.45, 7) is 0. The van der Waals surface area contributed by atoms with Gasteiger partial charge in [-0.25, -0.2) is 0 Å². The largest absolute Gasteiger partial charge is 0.372 e. The van der Waals surface area contributed by atoms with Crippen molar-refractivity contribution in [3.8, 4) is 0 Å². The Hall–Kier alpha value is -2.78. The van der Waals surface area contributed by atoms with E-state index in [1.54, 1.807) is 12.1 Å². The van der Waals surface area contributed by atoms with Crippen LogP contribution in [0.2, 0.25) is 5.02 Å². The summed E-state index contributed by atoms with van der Waals surface area (Å²) in [6, 6.07) is 24.5. The standard InChI is InChI=1S/C20H17ClN2O/c21-15-10-12-17(13-11-15)23-20(14-24)18-8-4-5-9-19(18)22-16-6-2-1-3-7-16/h1-14,20,22-23H. The number of hydrogen-bond acceptors (Lipinski definition) is 3. The molecule has 0 saturated heterocycles. The summed E-state index contributed by atoms with van der Waals surface area (Å²) in [6.07, 6.45) is 0.903. The molecule has 0 bridgehead atoms. The molecule has 0 spiro atoms. The van der Waals surface area contributed by atoms with E-state index in [1.807, 2.05) is 66.7 Å². The first-order chi connectivity index (χ1) is 11.8. The van der Waals surface area contributed by atoms with E-state index < -0.39 is 6.04 Å². The van der Waals surface area contributed by atoms with Gasteiger partial charge in [0.2, 0.25) is 0 Å². The summed E-state index contributed by atoms with van der Waals surface area (Å²) >= 11 is 5.91. The summed E-state index contributed by atoms with van der Waals surface area (Å²) < 4.78 is 0. The fourth-order valence-corrected chi connectivity index (χ4v) is 2.60. The molecule has 0 fully saturated rings. The Bertz CT molecular complexity index is 803. The zero-order chi connectivity index (χ0) is 16.8. The second-order valence-corrected chi connectivity index (χ2v) is 5.78. The van der Waals surface area contributed by atoms with Gasteiger partial charge in [0, 0.05) is 27.6 Å². The fourth-order valence-electron chi connectivity index (χ4n) is 2.47. The lowest BCUT2D eigenvalue weighted by atomic mass is 10.0. The lowest BCUT2D eigenvalue weighted by molar-refractivity contribution is -0.108. The smallest absolute Gasteiger partial charge is 0.146 e. The molecule has 0 amide bonds. The van der Waals surface area contributed by atoms with Gasteiger partial charge in [-0.15, -0.1) is 0 Å². The van der Waals surface area contributed by atoms with Crippen LogP contribution in [0.1, 0.15) is 11.6 Å². The number of carbonyl (C=O) groups excluding carboxylic acids is 1. The predicted octanol–water partition coefficient (Wildman–Crippen LogP) is 5.44. The SMILES string of the molecule is O=CC(Nc1ccc(Cl)cc1)c1ccccc1Nc1ccccc1. The Kier molecular flexibility index (Phi) is 5.14. The van der Waals surface area contributed by atoms with Crippen molar-refractivity contribution in [2.45, 2.75) is 6.04 Å². The van der Waals surface area contributed by atoms with Crippen LogP contribution in [0, 0.1) is 0 Å². The molecule has 0 saturated carbocycles. The van der Waals surface area contributed by atoms with Crippen LogP contribution in [-0.4, -0.2) is 6.29 Å². The molecule has 3 aromatic rings. The van der Waals surface area contributed by atoms with E-state index in [2.05, 4.69) is 10.6 Å². The molecule has 0 aromatic heterocycles. The third-order valence-corrected chi connectivity index (χ3v) is 3.90. The topological polar surface area (TPSA) is 41.1 Å². The Balaban J connectivity index is 1.86. The lowest BCUT2D eigenvalue weighted by Crippen LogP contribution is -2.13. The van der Waals surface area contributed by atoms with E-state index >= 15 is 0 Å². The maximum atomic E-state index is 11.7. The van der Waals surface area contributed by atoms with Crippen molar-refractivity contribution < 1.29 is 4.79 Å². The summed E-state index contributed by atoms with van der Waals surface area (Å²) in [7, 11) is 0. The zero-order valence-corrected chi connectivity index (χ0v) is 13.7. The van der Waals surface area contributed by atoms with Crippen molar-refractivity contribution in [2.24, 2.45) is 0 Å². The maximum absolute atomic E-state index is 11.7. The number of benzene rings is 3. The molecule has 0 aliphatic carbocycles. The average Bonchev–Trinajstić information content (AvgIpc) is 2.63. The van der Waals surface area contributed by atoms with E-state index in [0.29, 0.717) is 5.02 Å². The van der Waals surface area contributed by atoms with Crippen molar-refractivity contribution >= 4 is 34.9 Å². The highest BCUT2D eigenvalue weighted by atomic mass is 35.5. The number of carbonyl (C=O) groups is 1. The van der Waals surface area contributed by atoms with Crippen molar-refractivity contribution in [3.63, 3.8) is 0 Å². The number of para-hydroxylation sites is 2. The molecule has 0 aliphatic heterocycles. The van der Waals surface area contributed by atoms with Crippen LogP contribution in [0.5, 0.6) is 0 Å². The van der Waals surface area contributed by atoms with Crippen LogP contribution in [-0.2, 0) is 4.79 Å². The van der Waals surface area contributed by atoms with E-state index in [9.17, 15) is 4.79 Å². The Labute approximate surface area is 146 Å².